The monoisotopic (exact) mass is 325 g/mol. The molecule has 0 saturated carbocycles. The maximum Gasteiger partial charge on any atom is 0.248 e. The Labute approximate surface area is 138 Å². The summed E-state index contributed by atoms with van der Waals surface area (Å²) in [5.74, 6) is -0.152. The van der Waals surface area contributed by atoms with Crippen LogP contribution < -0.4 is 5.32 Å². The second kappa shape index (κ2) is 6.99. The minimum atomic E-state index is -0.371. The number of pyridine rings is 1. The molecule has 0 saturated heterocycles. The minimum Gasteiger partial charge on any atom is -0.293 e. The third kappa shape index (κ3) is 3.81. The Morgan fingerprint density at radius 3 is 2.96 bits per heavy atom. The van der Waals surface area contributed by atoms with E-state index in [1.165, 1.54) is 12.1 Å². The number of benzene rings is 1. The van der Waals surface area contributed by atoms with E-state index < -0.39 is 0 Å². The topological polar surface area (TPSA) is 83.6 Å². The summed E-state index contributed by atoms with van der Waals surface area (Å²) in [6.07, 6.45) is 3.71. The number of halogens is 1. The Hall–Kier alpha value is -3.09. The van der Waals surface area contributed by atoms with Gasteiger partial charge in [0.1, 0.15) is 11.6 Å². The fourth-order valence-corrected chi connectivity index (χ4v) is 2.27. The molecule has 6 nitrogen and oxygen atoms in total. The summed E-state index contributed by atoms with van der Waals surface area (Å²) < 4.78 is 13.2. The van der Waals surface area contributed by atoms with Crippen LogP contribution in [0, 0.1) is 5.82 Å². The highest BCUT2D eigenvalue weighted by molar-refractivity contribution is 5.94. The van der Waals surface area contributed by atoms with Gasteiger partial charge in [0.2, 0.25) is 11.9 Å². The average molecular weight is 325 g/mol. The van der Waals surface area contributed by atoms with E-state index in [-0.39, 0.29) is 23.6 Å². The highest BCUT2D eigenvalue weighted by Crippen LogP contribution is 2.15. The Balaban J connectivity index is 1.64. The summed E-state index contributed by atoms with van der Waals surface area (Å²) in [5, 5.41) is 9.38. The SMILES string of the molecule is C[C@H](C(=O)Nc1n[nH]c(Cc2cccc(F)c2)n1)c1cccnc1. The molecule has 2 N–H and O–H groups in total. The van der Waals surface area contributed by atoms with Gasteiger partial charge in [-0.15, -0.1) is 5.10 Å². The second-order valence-electron chi connectivity index (χ2n) is 5.41. The van der Waals surface area contributed by atoms with Gasteiger partial charge in [0.25, 0.3) is 0 Å². The number of hydrogen-bond acceptors (Lipinski definition) is 4. The zero-order valence-corrected chi connectivity index (χ0v) is 13.0. The Kier molecular flexibility index (Phi) is 4.60. The van der Waals surface area contributed by atoms with Crippen LogP contribution in [0.15, 0.2) is 48.8 Å². The van der Waals surface area contributed by atoms with Crippen LogP contribution in [0.2, 0.25) is 0 Å². The minimum absolute atomic E-state index is 0.196. The number of aromatic nitrogens is 4. The van der Waals surface area contributed by atoms with Crippen molar-refractivity contribution in [1.82, 2.24) is 20.2 Å². The Bertz CT molecular complexity index is 834. The zero-order valence-electron chi connectivity index (χ0n) is 13.0. The first-order valence-electron chi connectivity index (χ1n) is 7.48. The average Bonchev–Trinajstić information content (AvgIpc) is 3.02. The predicted molar refractivity (Wildman–Crippen MR) is 86.9 cm³/mol. The molecule has 24 heavy (non-hydrogen) atoms. The first-order chi connectivity index (χ1) is 11.6. The number of carbonyl (C=O) groups is 1. The summed E-state index contributed by atoms with van der Waals surface area (Å²) in [6, 6.07) is 9.88. The smallest absolute Gasteiger partial charge is 0.248 e. The molecule has 2 aromatic heterocycles. The maximum atomic E-state index is 13.2. The zero-order chi connectivity index (χ0) is 16.9. The fraction of sp³-hybridized carbons (Fsp3) is 0.176. The Morgan fingerprint density at radius 1 is 1.33 bits per heavy atom. The first-order valence-corrected chi connectivity index (χ1v) is 7.48. The predicted octanol–water partition coefficient (Wildman–Crippen LogP) is 2.67. The van der Waals surface area contributed by atoms with E-state index in [9.17, 15) is 9.18 Å². The van der Waals surface area contributed by atoms with E-state index in [0.29, 0.717) is 12.2 Å². The number of amides is 1. The highest BCUT2D eigenvalue weighted by Gasteiger charge is 2.17. The van der Waals surface area contributed by atoms with Crippen LogP contribution in [0.5, 0.6) is 0 Å². The van der Waals surface area contributed by atoms with Crippen LogP contribution in [0.3, 0.4) is 0 Å². The van der Waals surface area contributed by atoms with E-state index in [2.05, 4.69) is 25.5 Å². The van der Waals surface area contributed by atoms with Gasteiger partial charge in [0.05, 0.1) is 5.92 Å². The standard InChI is InChI=1S/C17H16FN5O/c1-11(13-5-3-7-19-10-13)16(24)21-17-20-15(22-23-17)9-12-4-2-6-14(18)8-12/h2-8,10-11H,9H2,1H3,(H2,20,21,22,23,24)/t11-/m0/s1. The van der Waals surface area contributed by atoms with E-state index in [0.717, 1.165) is 11.1 Å². The molecule has 1 amide bonds. The summed E-state index contributed by atoms with van der Waals surface area (Å²) in [4.78, 5) is 20.5. The first kappa shape index (κ1) is 15.8. The lowest BCUT2D eigenvalue weighted by Crippen LogP contribution is -2.19. The molecular formula is C17H16FN5O. The highest BCUT2D eigenvalue weighted by atomic mass is 19.1. The van der Waals surface area contributed by atoms with Crippen LogP contribution in [0.1, 0.15) is 29.8 Å². The van der Waals surface area contributed by atoms with Crippen molar-refractivity contribution in [1.29, 1.82) is 0 Å². The molecule has 1 atom stereocenters. The molecule has 0 fully saturated rings. The van der Waals surface area contributed by atoms with Gasteiger partial charge in [-0.2, -0.15) is 4.98 Å². The molecule has 1 aromatic carbocycles. The normalized spacial score (nSPS) is 11.9. The number of rotatable bonds is 5. The van der Waals surface area contributed by atoms with Gasteiger partial charge in [0.15, 0.2) is 0 Å². The van der Waals surface area contributed by atoms with Crippen LogP contribution in [0.25, 0.3) is 0 Å². The largest absolute Gasteiger partial charge is 0.293 e. The molecular weight excluding hydrogens is 309 g/mol. The second-order valence-corrected chi connectivity index (χ2v) is 5.41. The number of nitrogens with one attached hydrogen (secondary N) is 2. The molecule has 0 unspecified atom stereocenters. The van der Waals surface area contributed by atoms with Crippen LogP contribution in [0.4, 0.5) is 10.3 Å². The lowest BCUT2D eigenvalue weighted by molar-refractivity contribution is -0.117. The van der Waals surface area contributed by atoms with Crippen molar-refractivity contribution >= 4 is 11.9 Å². The number of carbonyl (C=O) groups excluding carboxylic acids is 1. The van der Waals surface area contributed by atoms with Gasteiger partial charge in [-0.25, -0.2) is 4.39 Å². The Morgan fingerprint density at radius 2 is 2.21 bits per heavy atom. The van der Waals surface area contributed by atoms with Gasteiger partial charge in [-0.3, -0.25) is 20.2 Å². The number of anilines is 1. The van der Waals surface area contributed by atoms with E-state index >= 15 is 0 Å². The molecule has 0 aliphatic rings. The molecule has 0 bridgehead atoms. The van der Waals surface area contributed by atoms with Crippen molar-refractivity contribution in [3.8, 4) is 0 Å². The number of H-pyrrole nitrogens is 1. The molecule has 0 aliphatic heterocycles. The van der Waals surface area contributed by atoms with Gasteiger partial charge >= 0.3 is 0 Å². The summed E-state index contributed by atoms with van der Waals surface area (Å²) in [5.41, 5.74) is 1.58. The van der Waals surface area contributed by atoms with Crippen LogP contribution in [-0.4, -0.2) is 26.1 Å². The van der Waals surface area contributed by atoms with E-state index in [1.54, 1.807) is 37.5 Å². The molecule has 7 heteroatoms. The van der Waals surface area contributed by atoms with Crippen molar-refractivity contribution < 1.29 is 9.18 Å². The van der Waals surface area contributed by atoms with Crippen LogP contribution in [-0.2, 0) is 11.2 Å². The lowest BCUT2D eigenvalue weighted by atomic mass is 10.0. The lowest BCUT2D eigenvalue weighted by Gasteiger charge is -2.09. The van der Waals surface area contributed by atoms with Crippen LogP contribution >= 0.6 is 0 Å². The van der Waals surface area contributed by atoms with Gasteiger partial charge in [-0.05, 0) is 36.2 Å². The molecule has 2 heterocycles. The number of aromatic amines is 1. The molecule has 0 radical (unpaired) electrons. The van der Waals surface area contributed by atoms with E-state index in [4.69, 9.17) is 0 Å². The number of hydrogen-bond donors (Lipinski definition) is 2. The molecule has 122 valence electrons. The van der Waals surface area contributed by atoms with Crippen molar-refractivity contribution in [2.45, 2.75) is 19.3 Å². The van der Waals surface area contributed by atoms with Crippen molar-refractivity contribution in [3.05, 3.63) is 71.6 Å². The summed E-state index contributed by atoms with van der Waals surface area (Å²) in [7, 11) is 0. The fourth-order valence-electron chi connectivity index (χ4n) is 2.27. The quantitative estimate of drug-likeness (QED) is 0.755. The number of nitrogens with zero attached hydrogens (tertiary/aromatic N) is 3. The molecule has 0 spiro atoms. The summed E-state index contributed by atoms with van der Waals surface area (Å²) in [6.45, 7) is 1.78. The molecule has 3 aromatic rings. The third-order valence-corrected chi connectivity index (χ3v) is 3.61. The van der Waals surface area contributed by atoms with Gasteiger partial charge < -0.3 is 0 Å². The van der Waals surface area contributed by atoms with Crippen molar-refractivity contribution in [2.75, 3.05) is 5.32 Å². The third-order valence-electron chi connectivity index (χ3n) is 3.61. The maximum absolute atomic E-state index is 13.2. The molecule has 0 aliphatic carbocycles. The van der Waals surface area contributed by atoms with Gasteiger partial charge in [0, 0.05) is 18.8 Å². The molecule has 3 rings (SSSR count). The van der Waals surface area contributed by atoms with Gasteiger partial charge in [-0.1, -0.05) is 18.2 Å². The summed E-state index contributed by atoms with van der Waals surface area (Å²) >= 11 is 0. The van der Waals surface area contributed by atoms with E-state index in [1.807, 2.05) is 6.07 Å². The van der Waals surface area contributed by atoms with Crippen molar-refractivity contribution in [2.24, 2.45) is 0 Å². The van der Waals surface area contributed by atoms with Crippen molar-refractivity contribution in [3.63, 3.8) is 0 Å².